The first kappa shape index (κ1) is 23.6. The number of ether oxygens (including phenoxy) is 1. The molecular weight excluding hydrogens is 381 g/mol. The maximum absolute atomic E-state index is 14.2. The van der Waals surface area contributed by atoms with E-state index in [-0.39, 0.29) is 11.3 Å². The molecule has 0 aliphatic rings. The molecule has 2 aromatic carbocycles. The second kappa shape index (κ2) is 13.5. The van der Waals surface area contributed by atoms with Crippen molar-refractivity contribution in [2.75, 3.05) is 6.61 Å². The third-order valence-corrected chi connectivity index (χ3v) is 4.94. The lowest BCUT2D eigenvalue weighted by atomic mass is 10.1. The molecule has 0 unspecified atom stereocenters. The van der Waals surface area contributed by atoms with Gasteiger partial charge in [-0.1, -0.05) is 70.4 Å². The molecule has 0 amide bonds. The van der Waals surface area contributed by atoms with E-state index in [0.717, 1.165) is 18.4 Å². The third-order valence-electron chi connectivity index (χ3n) is 4.94. The highest BCUT2D eigenvalue weighted by Gasteiger charge is 2.05. The Labute approximate surface area is 178 Å². The first-order chi connectivity index (χ1) is 14.6. The molecule has 5 heteroatoms. The van der Waals surface area contributed by atoms with Crippen molar-refractivity contribution in [3.05, 3.63) is 59.4 Å². The van der Waals surface area contributed by atoms with Crippen LogP contribution in [0.5, 0.6) is 5.75 Å². The summed E-state index contributed by atoms with van der Waals surface area (Å²) in [6.45, 7) is 2.75. The number of carbonyl (C=O) groups is 1. The van der Waals surface area contributed by atoms with Crippen molar-refractivity contribution in [2.45, 2.75) is 64.7 Å². The first-order valence-electron chi connectivity index (χ1n) is 10.9. The number of nitrogens with zero attached hydrogens (tertiary/aromatic N) is 1. The Balaban J connectivity index is 1.70. The monoisotopic (exact) mass is 413 g/mol. The number of rotatable bonds is 14. The van der Waals surface area contributed by atoms with Crippen LogP contribution in [0.3, 0.4) is 0 Å². The topological polar surface area (TPSA) is 58.9 Å². The Morgan fingerprint density at radius 2 is 1.60 bits per heavy atom. The molecule has 0 spiro atoms. The van der Waals surface area contributed by atoms with Crippen LogP contribution in [0.1, 0.15) is 80.6 Å². The minimum atomic E-state index is -0.974. The van der Waals surface area contributed by atoms with Gasteiger partial charge in [0.25, 0.3) is 0 Å². The van der Waals surface area contributed by atoms with Gasteiger partial charge in [-0.25, -0.2) is 9.18 Å². The molecule has 0 atom stereocenters. The van der Waals surface area contributed by atoms with Crippen molar-refractivity contribution in [3.8, 4) is 5.75 Å². The summed E-state index contributed by atoms with van der Waals surface area (Å²) < 4.78 is 19.8. The molecule has 0 saturated heterocycles. The van der Waals surface area contributed by atoms with Crippen LogP contribution in [0, 0.1) is 5.82 Å². The Morgan fingerprint density at radius 1 is 0.967 bits per heavy atom. The molecule has 0 saturated carbocycles. The predicted octanol–water partition coefficient (Wildman–Crippen LogP) is 7.18. The summed E-state index contributed by atoms with van der Waals surface area (Å²) in [4.78, 5) is 15.1. The number of aromatic carboxylic acids is 1. The Hall–Kier alpha value is -2.69. The average molecular weight is 414 g/mol. The standard InChI is InChI=1S/C25H32FNO3/c1-2-3-4-5-6-7-8-9-10-17-30-24-16-15-22(18-23(24)26)27-19-20-11-13-21(14-12-20)25(28)29/h11-16,18-19H,2-10,17H2,1H3,(H,28,29). The Morgan fingerprint density at radius 3 is 2.20 bits per heavy atom. The molecule has 0 heterocycles. The van der Waals surface area contributed by atoms with Crippen molar-refractivity contribution in [1.82, 2.24) is 0 Å². The molecule has 0 fully saturated rings. The number of unbranched alkanes of at least 4 members (excludes halogenated alkanes) is 8. The summed E-state index contributed by atoms with van der Waals surface area (Å²) in [5.74, 6) is -1.15. The van der Waals surface area contributed by atoms with E-state index in [9.17, 15) is 9.18 Å². The van der Waals surface area contributed by atoms with E-state index >= 15 is 0 Å². The molecule has 0 aliphatic carbocycles. The molecule has 0 bridgehead atoms. The quantitative estimate of drug-likeness (QED) is 0.263. The van der Waals surface area contributed by atoms with Gasteiger partial charge in [0.05, 0.1) is 17.9 Å². The number of benzene rings is 2. The van der Waals surface area contributed by atoms with Crippen LogP contribution >= 0.6 is 0 Å². The van der Waals surface area contributed by atoms with Crippen molar-refractivity contribution >= 4 is 17.9 Å². The van der Waals surface area contributed by atoms with Crippen LogP contribution in [0.4, 0.5) is 10.1 Å². The van der Waals surface area contributed by atoms with E-state index in [1.54, 1.807) is 30.5 Å². The number of halogens is 1. The van der Waals surface area contributed by atoms with Gasteiger partial charge in [0.2, 0.25) is 0 Å². The summed E-state index contributed by atoms with van der Waals surface area (Å²) in [5.41, 5.74) is 1.43. The number of hydrogen-bond acceptors (Lipinski definition) is 3. The molecule has 0 radical (unpaired) electrons. The van der Waals surface area contributed by atoms with Gasteiger partial charge >= 0.3 is 5.97 Å². The summed E-state index contributed by atoms with van der Waals surface area (Å²) in [6, 6.07) is 11.0. The highest BCUT2D eigenvalue weighted by molar-refractivity contribution is 5.89. The molecule has 0 aromatic heterocycles. The van der Waals surface area contributed by atoms with E-state index in [1.807, 2.05) is 0 Å². The average Bonchev–Trinajstić information content (AvgIpc) is 2.75. The van der Waals surface area contributed by atoms with Crippen LogP contribution in [0.2, 0.25) is 0 Å². The largest absolute Gasteiger partial charge is 0.491 e. The lowest BCUT2D eigenvalue weighted by Gasteiger charge is -2.08. The Bertz CT molecular complexity index is 803. The zero-order valence-corrected chi connectivity index (χ0v) is 17.8. The number of hydrogen-bond donors (Lipinski definition) is 1. The molecule has 4 nitrogen and oxygen atoms in total. The number of carboxylic acids is 1. The van der Waals surface area contributed by atoms with E-state index in [0.29, 0.717) is 12.3 Å². The minimum Gasteiger partial charge on any atom is -0.491 e. The van der Waals surface area contributed by atoms with Gasteiger partial charge < -0.3 is 9.84 Å². The highest BCUT2D eigenvalue weighted by Crippen LogP contribution is 2.23. The van der Waals surface area contributed by atoms with Gasteiger partial charge in [0.1, 0.15) is 0 Å². The molecule has 162 valence electrons. The Kier molecular flexibility index (Phi) is 10.6. The second-order valence-electron chi connectivity index (χ2n) is 7.48. The third kappa shape index (κ3) is 8.76. The van der Waals surface area contributed by atoms with Crippen molar-refractivity contribution < 1.29 is 19.0 Å². The smallest absolute Gasteiger partial charge is 0.335 e. The number of aliphatic imine (C=N–C) groups is 1. The zero-order chi connectivity index (χ0) is 21.6. The van der Waals surface area contributed by atoms with Crippen LogP contribution < -0.4 is 4.74 Å². The summed E-state index contributed by atoms with van der Waals surface area (Å²) >= 11 is 0. The van der Waals surface area contributed by atoms with Crippen LogP contribution in [0.15, 0.2) is 47.5 Å². The van der Waals surface area contributed by atoms with Crippen LogP contribution in [0.25, 0.3) is 0 Å². The van der Waals surface area contributed by atoms with E-state index in [2.05, 4.69) is 11.9 Å². The van der Waals surface area contributed by atoms with Crippen LogP contribution in [-0.4, -0.2) is 23.9 Å². The number of carboxylic acid groups (broad SMARTS) is 1. The van der Waals surface area contributed by atoms with E-state index in [4.69, 9.17) is 9.84 Å². The highest BCUT2D eigenvalue weighted by atomic mass is 19.1. The van der Waals surface area contributed by atoms with Crippen molar-refractivity contribution in [1.29, 1.82) is 0 Å². The maximum Gasteiger partial charge on any atom is 0.335 e. The SMILES string of the molecule is CCCCCCCCCCCOc1ccc(N=Cc2ccc(C(=O)O)cc2)cc1F. The van der Waals surface area contributed by atoms with Gasteiger partial charge in [-0.15, -0.1) is 0 Å². The first-order valence-corrected chi connectivity index (χ1v) is 10.9. The lowest BCUT2D eigenvalue weighted by molar-refractivity contribution is 0.0697. The van der Waals surface area contributed by atoms with Gasteiger partial charge in [-0.05, 0) is 36.2 Å². The van der Waals surface area contributed by atoms with E-state index < -0.39 is 11.8 Å². The van der Waals surface area contributed by atoms with Gasteiger partial charge in [0, 0.05) is 12.3 Å². The summed E-state index contributed by atoms with van der Waals surface area (Å²) in [7, 11) is 0. The molecule has 30 heavy (non-hydrogen) atoms. The lowest BCUT2D eigenvalue weighted by Crippen LogP contribution is -1.99. The zero-order valence-electron chi connectivity index (χ0n) is 17.8. The summed E-state index contributed by atoms with van der Waals surface area (Å²) in [5, 5.41) is 8.90. The van der Waals surface area contributed by atoms with Gasteiger partial charge in [0.15, 0.2) is 11.6 Å². The minimum absolute atomic E-state index is 0.215. The fourth-order valence-corrected chi connectivity index (χ4v) is 3.14. The van der Waals surface area contributed by atoms with Crippen molar-refractivity contribution in [2.24, 2.45) is 4.99 Å². The predicted molar refractivity (Wildman–Crippen MR) is 120 cm³/mol. The molecular formula is C25H32FNO3. The second-order valence-corrected chi connectivity index (χ2v) is 7.48. The molecule has 1 N–H and O–H groups in total. The van der Waals surface area contributed by atoms with Gasteiger partial charge in [-0.2, -0.15) is 0 Å². The van der Waals surface area contributed by atoms with Crippen LogP contribution in [-0.2, 0) is 0 Å². The fourth-order valence-electron chi connectivity index (χ4n) is 3.14. The summed E-state index contributed by atoms with van der Waals surface area (Å²) in [6.07, 6.45) is 12.7. The van der Waals surface area contributed by atoms with Crippen molar-refractivity contribution in [3.63, 3.8) is 0 Å². The molecule has 2 rings (SSSR count). The molecule has 0 aliphatic heterocycles. The van der Waals surface area contributed by atoms with Gasteiger partial charge in [-0.3, -0.25) is 4.99 Å². The maximum atomic E-state index is 14.2. The van der Waals surface area contributed by atoms with E-state index in [1.165, 1.54) is 63.1 Å². The molecule has 2 aromatic rings. The fraction of sp³-hybridized carbons (Fsp3) is 0.440. The normalized spacial score (nSPS) is 11.1.